The van der Waals surface area contributed by atoms with Gasteiger partial charge in [-0.25, -0.2) is 0 Å². The predicted octanol–water partition coefficient (Wildman–Crippen LogP) is 3.07. The summed E-state index contributed by atoms with van der Waals surface area (Å²) in [5.74, 6) is 0.517. The largest absolute Gasteiger partial charge is 0.367 e. The van der Waals surface area contributed by atoms with E-state index in [2.05, 4.69) is 39.7 Å². The minimum atomic E-state index is -0.180. The lowest BCUT2D eigenvalue weighted by molar-refractivity contribution is -0.0734. The van der Waals surface area contributed by atoms with Gasteiger partial charge in [-0.05, 0) is 35.8 Å². The topological polar surface area (TPSA) is 25.4 Å². The molecule has 3 nitrogen and oxygen atoms in total. The molecule has 0 N–H and O–H groups in total. The zero-order valence-corrected chi connectivity index (χ0v) is 12.3. The lowest BCUT2D eigenvalue weighted by Gasteiger charge is -2.43. The van der Waals surface area contributed by atoms with Crippen molar-refractivity contribution in [2.75, 3.05) is 23.9 Å². The van der Waals surface area contributed by atoms with Gasteiger partial charge in [0.1, 0.15) is 0 Å². The number of aromatic nitrogens is 1. The Hall–Kier alpha value is -0.320. The summed E-state index contributed by atoms with van der Waals surface area (Å²) in [6.45, 7) is 5.85. The second-order valence-corrected chi connectivity index (χ2v) is 6.02. The number of ether oxygens (including phenoxy) is 1. The van der Waals surface area contributed by atoms with Gasteiger partial charge in [-0.15, -0.1) is 11.6 Å². The highest BCUT2D eigenvalue weighted by Gasteiger charge is 2.33. The van der Waals surface area contributed by atoms with Crippen LogP contribution in [0.15, 0.2) is 22.9 Å². The van der Waals surface area contributed by atoms with Gasteiger partial charge < -0.3 is 9.64 Å². The second kappa shape index (κ2) is 5.12. The number of morpholine rings is 1. The fourth-order valence-electron chi connectivity index (χ4n) is 2.18. The summed E-state index contributed by atoms with van der Waals surface area (Å²) >= 11 is 9.46. The molecule has 1 aromatic rings. The van der Waals surface area contributed by atoms with E-state index < -0.39 is 0 Å². The molecule has 0 aromatic carbocycles. The predicted molar refractivity (Wildman–Crippen MR) is 73.8 cm³/mol. The van der Waals surface area contributed by atoms with Crippen molar-refractivity contribution in [1.29, 1.82) is 0 Å². The zero-order chi connectivity index (χ0) is 12.5. The van der Waals surface area contributed by atoms with E-state index >= 15 is 0 Å². The van der Waals surface area contributed by atoms with Gasteiger partial charge in [0.2, 0.25) is 0 Å². The molecule has 1 aliphatic heterocycles. The Morgan fingerprint density at radius 2 is 2.41 bits per heavy atom. The fraction of sp³-hybridized carbons (Fsp3) is 0.583. The van der Waals surface area contributed by atoms with Crippen molar-refractivity contribution in [3.8, 4) is 0 Å². The first kappa shape index (κ1) is 13.1. The van der Waals surface area contributed by atoms with Gasteiger partial charge in [0.15, 0.2) is 0 Å². The highest BCUT2D eigenvalue weighted by atomic mass is 79.9. The minimum absolute atomic E-state index is 0.0699. The third kappa shape index (κ3) is 3.12. The zero-order valence-electron chi connectivity index (χ0n) is 9.99. The Kier molecular flexibility index (Phi) is 3.95. The first-order valence-electron chi connectivity index (χ1n) is 5.60. The lowest BCUT2D eigenvalue weighted by Crippen LogP contribution is -2.53. The van der Waals surface area contributed by atoms with Gasteiger partial charge in [-0.2, -0.15) is 0 Å². The van der Waals surface area contributed by atoms with E-state index in [1.165, 1.54) is 0 Å². The molecular formula is C12H16BrClN2O. The molecule has 1 aromatic heterocycles. The smallest absolute Gasteiger partial charge is 0.0893 e. The summed E-state index contributed by atoms with van der Waals surface area (Å²) in [5.41, 5.74) is 0.965. The number of anilines is 1. The number of hydrogen-bond acceptors (Lipinski definition) is 3. The van der Waals surface area contributed by atoms with Crippen molar-refractivity contribution in [2.45, 2.75) is 25.6 Å². The van der Waals surface area contributed by atoms with Crippen LogP contribution in [0, 0.1) is 0 Å². The van der Waals surface area contributed by atoms with Crippen LogP contribution >= 0.6 is 27.5 Å². The van der Waals surface area contributed by atoms with Crippen molar-refractivity contribution in [2.24, 2.45) is 0 Å². The maximum atomic E-state index is 5.92. The van der Waals surface area contributed by atoms with Crippen LogP contribution in [0.3, 0.4) is 0 Å². The van der Waals surface area contributed by atoms with Crippen molar-refractivity contribution in [3.63, 3.8) is 0 Å². The summed E-state index contributed by atoms with van der Waals surface area (Å²) in [6.07, 6.45) is 3.69. The maximum absolute atomic E-state index is 5.92. The van der Waals surface area contributed by atoms with E-state index in [1.807, 2.05) is 12.3 Å². The molecule has 1 saturated heterocycles. The Bertz CT molecular complexity index is 400. The van der Waals surface area contributed by atoms with Gasteiger partial charge in [0.05, 0.1) is 27.7 Å². The SMILES string of the molecule is CC1(C)CN(c2ccncc2Br)CC(CCl)O1. The Labute approximate surface area is 115 Å². The maximum Gasteiger partial charge on any atom is 0.0893 e. The number of halogens is 2. The summed E-state index contributed by atoms with van der Waals surface area (Å²) in [6, 6.07) is 2.01. The number of hydrogen-bond donors (Lipinski definition) is 0. The molecular weight excluding hydrogens is 304 g/mol. The van der Waals surface area contributed by atoms with Crippen LogP contribution in [0.5, 0.6) is 0 Å². The van der Waals surface area contributed by atoms with E-state index in [4.69, 9.17) is 16.3 Å². The third-order valence-corrected chi connectivity index (χ3v) is 3.70. The van der Waals surface area contributed by atoms with Gasteiger partial charge in [-0.1, -0.05) is 0 Å². The number of alkyl halides is 1. The quantitative estimate of drug-likeness (QED) is 0.783. The lowest BCUT2D eigenvalue weighted by atomic mass is 10.1. The molecule has 1 unspecified atom stereocenters. The van der Waals surface area contributed by atoms with E-state index in [1.54, 1.807) is 6.20 Å². The molecule has 1 atom stereocenters. The van der Waals surface area contributed by atoms with E-state index in [0.717, 1.165) is 23.2 Å². The molecule has 2 heterocycles. The normalized spacial score (nSPS) is 23.8. The van der Waals surface area contributed by atoms with Crippen LogP contribution in [0.2, 0.25) is 0 Å². The molecule has 0 aliphatic carbocycles. The van der Waals surface area contributed by atoms with E-state index in [0.29, 0.717) is 5.88 Å². The summed E-state index contributed by atoms with van der Waals surface area (Å²) in [4.78, 5) is 6.38. The molecule has 2 rings (SSSR count). The summed E-state index contributed by atoms with van der Waals surface area (Å²) in [7, 11) is 0. The Morgan fingerprint density at radius 1 is 1.65 bits per heavy atom. The van der Waals surface area contributed by atoms with Crippen molar-refractivity contribution in [3.05, 3.63) is 22.9 Å². The summed E-state index contributed by atoms with van der Waals surface area (Å²) < 4.78 is 6.92. The molecule has 94 valence electrons. The molecule has 0 amide bonds. The Balaban J connectivity index is 2.24. The number of pyridine rings is 1. The monoisotopic (exact) mass is 318 g/mol. The van der Waals surface area contributed by atoms with Crippen LogP contribution < -0.4 is 4.90 Å². The molecule has 0 saturated carbocycles. The fourth-order valence-corrected chi connectivity index (χ4v) is 2.85. The average molecular weight is 320 g/mol. The van der Waals surface area contributed by atoms with Crippen LogP contribution in [-0.4, -0.2) is 35.7 Å². The van der Waals surface area contributed by atoms with Crippen LogP contribution in [-0.2, 0) is 4.74 Å². The van der Waals surface area contributed by atoms with Crippen LogP contribution in [0.25, 0.3) is 0 Å². The third-order valence-electron chi connectivity index (χ3n) is 2.75. The molecule has 1 fully saturated rings. The molecule has 0 spiro atoms. The molecule has 5 heteroatoms. The number of nitrogens with zero attached hydrogens (tertiary/aromatic N) is 2. The molecule has 17 heavy (non-hydrogen) atoms. The molecule has 0 bridgehead atoms. The highest BCUT2D eigenvalue weighted by molar-refractivity contribution is 9.10. The van der Waals surface area contributed by atoms with Gasteiger partial charge >= 0.3 is 0 Å². The second-order valence-electron chi connectivity index (χ2n) is 4.86. The van der Waals surface area contributed by atoms with Crippen LogP contribution in [0.4, 0.5) is 5.69 Å². The van der Waals surface area contributed by atoms with E-state index in [9.17, 15) is 0 Å². The summed E-state index contributed by atoms with van der Waals surface area (Å²) in [5, 5.41) is 0. The van der Waals surface area contributed by atoms with Gasteiger partial charge in [0, 0.05) is 25.5 Å². The van der Waals surface area contributed by atoms with Gasteiger partial charge in [-0.3, -0.25) is 4.98 Å². The first-order valence-corrected chi connectivity index (χ1v) is 6.93. The molecule has 0 radical (unpaired) electrons. The average Bonchev–Trinajstić information content (AvgIpc) is 2.27. The first-order chi connectivity index (χ1) is 8.02. The van der Waals surface area contributed by atoms with Crippen LogP contribution in [0.1, 0.15) is 13.8 Å². The standard InChI is InChI=1S/C12H16BrClN2O/c1-12(2)8-16(7-9(5-14)17-12)11-3-4-15-6-10(11)13/h3-4,6,9H,5,7-8H2,1-2H3. The highest BCUT2D eigenvalue weighted by Crippen LogP contribution is 2.30. The van der Waals surface area contributed by atoms with E-state index in [-0.39, 0.29) is 11.7 Å². The van der Waals surface area contributed by atoms with Gasteiger partial charge in [0.25, 0.3) is 0 Å². The number of rotatable bonds is 2. The van der Waals surface area contributed by atoms with Crippen molar-refractivity contribution in [1.82, 2.24) is 4.98 Å². The minimum Gasteiger partial charge on any atom is -0.367 e. The van der Waals surface area contributed by atoms with Crippen molar-refractivity contribution >= 4 is 33.2 Å². The molecule has 1 aliphatic rings. The van der Waals surface area contributed by atoms with Crippen molar-refractivity contribution < 1.29 is 4.74 Å². The Morgan fingerprint density at radius 3 is 3.06 bits per heavy atom.